The first kappa shape index (κ1) is 21.8. The van der Waals surface area contributed by atoms with Crippen molar-refractivity contribution < 1.29 is 27.4 Å². The number of alkyl halides is 3. The predicted molar refractivity (Wildman–Crippen MR) is 112 cm³/mol. The van der Waals surface area contributed by atoms with E-state index >= 15 is 0 Å². The van der Waals surface area contributed by atoms with Gasteiger partial charge in [-0.25, -0.2) is 14.5 Å². The first-order valence-electron chi connectivity index (χ1n) is 9.55. The van der Waals surface area contributed by atoms with Gasteiger partial charge in [0.2, 0.25) is 0 Å². The van der Waals surface area contributed by atoms with Crippen molar-refractivity contribution in [2.45, 2.75) is 13.3 Å². The number of hydrogen-bond acceptors (Lipinski definition) is 6. The van der Waals surface area contributed by atoms with Crippen molar-refractivity contribution in [2.24, 2.45) is 0 Å². The zero-order valence-electron chi connectivity index (χ0n) is 17.1. The van der Waals surface area contributed by atoms with Gasteiger partial charge in [0.25, 0.3) is 0 Å². The smallest absolute Gasteiger partial charge is 0.408 e. The van der Waals surface area contributed by atoms with E-state index in [2.05, 4.69) is 25.1 Å². The number of anilines is 1. The lowest BCUT2D eigenvalue weighted by atomic mass is 10.2. The van der Waals surface area contributed by atoms with Crippen molar-refractivity contribution >= 4 is 11.8 Å². The Morgan fingerprint density at radius 2 is 1.64 bits per heavy atom. The second kappa shape index (κ2) is 8.99. The van der Waals surface area contributed by atoms with Crippen molar-refractivity contribution in [1.29, 1.82) is 0 Å². The Balaban J connectivity index is 1.39. The van der Waals surface area contributed by atoms with Crippen LogP contribution >= 0.6 is 0 Å². The summed E-state index contributed by atoms with van der Waals surface area (Å²) in [6, 6.07) is 15.4. The minimum atomic E-state index is -4.75. The van der Waals surface area contributed by atoms with Crippen LogP contribution in [0.1, 0.15) is 5.69 Å². The number of aromatic nitrogens is 4. The lowest BCUT2D eigenvalue weighted by Crippen LogP contribution is -2.17. The number of hydrogen-bond donors (Lipinski definition) is 1. The van der Waals surface area contributed by atoms with Gasteiger partial charge in [-0.05, 0) is 67.6 Å². The zero-order valence-corrected chi connectivity index (χ0v) is 17.1. The van der Waals surface area contributed by atoms with Gasteiger partial charge in [-0.15, -0.1) is 18.3 Å². The van der Waals surface area contributed by atoms with Gasteiger partial charge in [0, 0.05) is 16.9 Å². The topological polar surface area (TPSA) is 91.2 Å². The van der Waals surface area contributed by atoms with E-state index in [1.165, 1.54) is 41.5 Å². The molecule has 0 spiro atoms. The summed E-state index contributed by atoms with van der Waals surface area (Å²) < 4.78 is 47.3. The van der Waals surface area contributed by atoms with Gasteiger partial charge in [0.15, 0.2) is 11.6 Å². The Morgan fingerprint density at radius 3 is 2.27 bits per heavy atom. The number of halogens is 3. The molecule has 0 atom stereocenters. The summed E-state index contributed by atoms with van der Waals surface area (Å²) in [6.45, 7) is 1.83. The molecular formula is C22H16F3N5O3. The number of nitrogens with one attached hydrogen (secondary N) is 1. The standard InChI is InChI=1S/C22H16F3N5O3/c1-14-2-9-19(12-26-14)32-21(31)28-16-5-3-15(4-6-16)20-27-13-30(29-20)17-7-10-18(11-8-17)33-22(23,24)25/h2-13H,1H3,(H,28,31). The third-order valence-corrected chi connectivity index (χ3v) is 4.31. The van der Waals surface area contributed by atoms with E-state index in [1.54, 1.807) is 36.4 Å². The molecule has 0 saturated heterocycles. The van der Waals surface area contributed by atoms with E-state index < -0.39 is 12.5 Å². The highest BCUT2D eigenvalue weighted by molar-refractivity contribution is 5.86. The SMILES string of the molecule is Cc1ccc(OC(=O)Nc2ccc(-c3ncn(-c4ccc(OC(F)(F)F)cc4)n3)cc2)cn1. The monoisotopic (exact) mass is 455 g/mol. The molecule has 0 aliphatic heterocycles. The molecule has 4 aromatic rings. The molecule has 2 heterocycles. The van der Waals surface area contributed by atoms with Crippen molar-refractivity contribution in [3.05, 3.63) is 78.9 Å². The van der Waals surface area contributed by atoms with Crippen LogP contribution in [0.25, 0.3) is 17.1 Å². The van der Waals surface area contributed by atoms with E-state index in [4.69, 9.17) is 4.74 Å². The summed E-state index contributed by atoms with van der Waals surface area (Å²) in [5, 5.41) is 6.94. The molecule has 0 aliphatic carbocycles. The fourth-order valence-corrected chi connectivity index (χ4v) is 2.79. The lowest BCUT2D eigenvalue weighted by Gasteiger charge is -2.09. The molecule has 33 heavy (non-hydrogen) atoms. The van der Waals surface area contributed by atoms with Crippen LogP contribution in [0, 0.1) is 6.92 Å². The number of aryl methyl sites for hydroxylation is 1. The van der Waals surface area contributed by atoms with Gasteiger partial charge < -0.3 is 9.47 Å². The van der Waals surface area contributed by atoms with Crippen LogP contribution in [0.2, 0.25) is 0 Å². The Labute approximate surface area is 185 Å². The average molecular weight is 455 g/mol. The summed E-state index contributed by atoms with van der Waals surface area (Å²) in [5.74, 6) is 0.389. The number of pyridine rings is 1. The molecule has 4 rings (SSSR count). The number of carbonyl (C=O) groups is 1. The average Bonchev–Trinajstić information content (AvgIpc) is 3.25. The van der Waals surface area contributed by atoms with Crippen LogP contribution < -0.4 is 14.8 Å². The maximum absolute atomic E-state index is 12.3. The Bertz CT molecular complexity index is 1240. The van der Waals surface area contributed by atoms with Crippen molar-refractivity contribution in [2.75, 3.05) is 5.32 Å². The molecule has 11 heteroatoms. The second-order valence-electron chi connectivity index (χ2n) is 6.78. The van der Waals surface area contributed by atoms with Crippen molar-refractivity contribution in [3.63, 3.8) is 0 Å². The van der Waals surface area contributed by atoms with Crippen LogP contribution in [0.4, 0.5) is 23.7 Å². The summed E-state index contributed by atoms with van der Waals surface area (Å²) in [6.07, 6.45) is -2.52. The fourth-order valence-electron chi connectivity index (χ4n) is 2.79. The lowest BCUT2D eigenvalue weighted by molar-refractivity contribution is -0.274. The van der Waals surface area contributed by atoms with E-state index in [0.29, 0.717) is 28.5 Å². The second-order valence-corrected chi connectivity index (χ2v) is 6.78. The minimum absolute atomic E-state index is 0.322. The first-order valence-corrected chi connectivity index (χ1v) is 9.55. The summed E-state index contributed by atoms with van der Waals surface area (Å²) in [4.78, 5) is 20.3. The fraction of sp³-hybridized carbons (Fsp3) is 0.0909. The van der Waals surface area contributed by atoms with Gasteiger partial charge in [-0.2, -0.15) is 0 Å². The molecule has 0 bridgehead atoms. The number of amides is 1. The number of carbonyl (C=O) groups excluding carboxylic acids is 1. The van der Waals surface area contributed by atoms with Gasteiger partial charge in [0.1, 0.15) is 12.1 Å². The molecule has 0 radical (unpaired) electrons. The molecule has 0 unspecified atom stereocenters. The van der Waals surface area contributed by atoms with Crippen LogP contribution in [0.5, 0.6) is 11.5 Å². The number of rotatable bonds is 5. The third-order valence-electron chi connectivity index (χ3n) is 4.31. The highest BCUT2D eigenvalue weighted by atomic mass is 19.4. The summed E-state index contributed by atoms with van der Waals surface area (Å²) >= 11 is 0. The molecular weight excluding hydrogens is 439 g/mol. The molecule has 8 nitrogen and oxygen atoms in total. The zero-order chi connectivity index (χ0) is 23.4. The number of ether oxygens (including phenoxy) is 2. The molecule has 0 aliphatic rings. The van der Waals surface area contributed by atoms with Crippen LogP contribution in [0.3, 0.4) is 0 Å². The third kappa shape index (κ3) is 5.85. The van der Waals surface area contributed by atoms with E-state index in [1.807, 2.05) is 6.92 Å². The minimum Gasteiger partial charge on any atom is -0.408 e. The molecule has 1 amide bonds. The molecule has 1 N–H and O–H groups in total. The first-order chi connectivity index (χ1) is 15.7. The molecule has 2 aromatic heterocycles. The Kier molecular flexibility index (Phi) is 5.94. The van der Waals surface area contributed by atoms with Crippen LogP contribution in [0.15, 0.2) is 73.2 Å². The number of benzene rings is 2. The van der Waals surface area contributed by atoms with Crippen LogP contribution in [-0.2, 0) is 0 Å². The summed E-state index contributed by atoms with van der Waals surface area (Å²) in [7, 11) is 0. The summed E-state index contributed by atoms with van der Waals surface area (Å²) in [5.41, 5.74) is 2.49. The molecule has 0 saturated carbocycles. The van der Waals surface area contributed by atoms with Crippen molar-refractivity contribution in [3.8, 4) is 28.6 Å². The Morgan fingerprint density at radius 1 is 0.939 bits per heavy atom. The van der Waals surface area contributed by atoms with Gasteiger partial charge in [-0.1, -0.05) is 0 Å². The highest BCUT2D eigenvalue weighted by Crippen LogP contribution is 2.24. The molecule has 2 aromatic carbocycles. The number of nitrogens with zero attached hydrogens (tertiary/aromatic N) is 4. The van der Waals surface area contributed by atoms with E-state index in [0.717, 1.165) is 5.69 Å². The largest absolute Gasteiger partial charge is 0.573 e. The van der Waals surface area contributed by atoms with Gasteiger partial charge in [-0.3, -0.25) is 10.3 Å². The van der Waals surface area contributed by atoms with E-state index in [9.17, 15) is 18.0 Å². The van der Waals surface area contributed by atoms with Crippen LogP contribution in [-0.4, -0.2) is 32.2 Å². The van der Waals surface area contributed by atoms with Crippen molar-refractivity contribution in [1.82, 2.24) is 19.7 Å². The maximum Gasteiger partial charge on any atom is 0.573 e. The normalized spacial score (nSPS) is 11.2. The Hall–Kier alpha value is -4.41. The highest BCUT2D eigenvalue weighted by Gasteiger charge is 2.31. The predicted octanol–water partition coefficient (Wildman–Crippen LogP) is 5.15. The van der Waals surface area contributed by atoms with Gasteiger partial charge >= 0.3 is 12.5 Å². The van der Waals surface area contributed by atoms with E-state index in [-0.39, 0.29) is 5.75 Å². The molecule has 0 fully saturated rings. The van der Waals surface area contributed by atoms with Gasteiger partial charge in [0.05, 0.1) is 11.9 Å². The quantitative estimate of drug-likeness (QED) is 0.448. The molecule has 168 valence electrons. The maximum atomic E-state index is 12.3.